The van der Waals surface area contributed by atoms with Crippen LogP contribution in [0.1, 0.15) is 6.42 Å². The van der Waals surface area contributed by atoms with Crippen LogP contribution in [-0.2, 0) is 0 Å². The van der Waals surface area contributed by atoms with Crippen LogP contribution in [0.2, 0.25) is 0 Å². The quantitative estimate of drug-likeness (QED) is 0.758. The van der Waals surface area contributed by atoms with Gasteiger partial charge in [0.1, 0.15) is 12.4 Å². The zero-order valence-corrected chi connectivity index (χ0v) is 11.9. The lowest BCUT2D eigenvalue weighted by atomic mass is 10.1. The number of nitrogens with zero attached hydrogens (tertiary/aromatic N) is 1. The van der Waals surface area contributed by atoms with Gasteiger partial charge in [-0.15, -0.1) is 0 Å². The first-order chi connectivity index (χ1) is 8.28. The van der Waals surface area contributed by atoms with Gasteiger partial charge in [-0.05, 0) is 59.8 Å². The van der Waals surface area contributed by atoms with Crippen LogP contribution in [0.15, 0.2) is 24.3 Å². The number of hydrogen-bond acceptors (Lipinski definition) is 2. The fourth-order valence-corrected chi connectivity index (χ4v) is 2.42. The van der Waals surface area contributed by atoms with E-state index < -0.39 is 0 Å². The molecule has 4 heteroatoms. The fraction of sp³-hybridized carbons (Fsp3) is 0.538. The van der Waals surface area contributed by atoms with Crippen LogP contribution in [0.4, 0.5) is 4.39 Å². The Morgan fingerprint density at radius 2 is 2.12 bits per heavy atom. The molecule has 0 radical (unpaired) electrons. The predicted molar refractivity (Wildman–Crippen MR) is 75.2 cm³/mol. The van der Waals surface area contributed by atoms with E-state index in [2.05, 4.69) is 27.5 Å². The molecule has 17 heavy (non-hydrogen) atoms. The number of rotatable bonds is 5. The summed E-state index contributed by atoms with van der Waals surface area (Å²) in [7, 11) is 0. The normalized spacial score (nSPS) is 20.7. The summed E-state index contributed by atoms with van der Waals surface area (Å²) in [6.45, 7) is 3.27. The van der Waals surface area contributed by atoms with E-state index in [9.17, 15) is 4.39 Å². The maximum atomic E-state index is 12.4. The van der Waals surface area contributed by atoms with Gasteiger partial charge in [0, 0.05) is 22.6 Å². The Bertz CT molecular complexity index is 344. The minimum atomic E-state index is -0.186. The van der Waals surface area contributed by atoms with Crippen LogP contribution in [0.25, 0.3) is 0 Å². The summed E-state index contributed by atoms with van der Waals surface area (Å²) in [4.78, 5) is 2.27. The van der Waals surface area contributed by atoms with E-state index in [4.69, 9.17) is 4.74 Å². The van der Waals surface area contributed by atoms with E-state index in [1.807, 2.05) is 24.3 Å². The van der Waals surface area contributed by atoms with Crippen LogP contribution in [0.3, 0.4) is 0 Å². The minimum Gasteiger partial charge on any atom is -0.492 e. The summed E-state index contributed by atoms with van der Waals surface area (Å²) >= 11 is 2.27. The first-order valence-corrected chi connectivity index (χ1v) is 7.02. The lowest BCUT2D eigenvalue weighted by molar-refractivity contribution is 0.228. The van der Waals surface area contributed by atoms with Crippen molar-refractivity contribution in [1.29, 1.82) is 0 Å². The fourth-order valence-electron chi connectivity index (χ4n) is 2.07. The van der Waals surface area contributed by atoms with Crippen LogP contribution in [-0.4, -0.2) is 37.8 Å². The van der Waals surface area contributed by atoms with Crippen LogP contribution < -0.4 is 4.74 Å². The van der Waals surface area contributed by atoms with E-state index in [0.717, 1.165) is 31.8 Å². The Morgan fingerprint density at radius 1 is 1.35 bits per heavy atom. The summed E-state index contributed by atoms with van der Waals surface area (Å²) in [6, 6.07) is 8.03. The highest BCUT2D eigenvalue weighted by Crippen LogP contribution is 2.17. The molecule has 94 valence electrons. The monoisotopic (exact) mass is 349 g/mol. The van der Waals surface area contributed by atoms with Crippen molar-refractivity contribution in [3.05, 3.63) is 27.8 Å². The van der Waals surface area contributed by atoms with E-state index in [1.165, 1.54) is 3.57 Å². The highest BCUT2D eigenvalue weighted by Gasteiger charge is 2.21. The summed E-state index contributed by atoms with van der Waals surface area (Å²) in [5.74, 6) is 1.15. The molecular weight excluding hydrogens is 332 g/mol. The van der Waals surface area contributed by atoms with Crippen LogP contribution in [0.5, 0.6) is 5.75 Å². The molecular formula is C13H17FINO. The Hall–Kier alpha value is -0.360. The van der Waals surface area contributed by atoms with Crippen LogP contribution in [0, 0.1) is 9.49 Å². The Labute approximate surface area is 115 Å². The lowest BCUT2D eigenvalue weighted by Crippen LogP contribution is -2.26. The average molecular weight is 349 g/mol. The zero-order valence-electron chi connectivity index (χ0n) is 9.74. The second kappa shape index (κ2) is 6.54. The standard InChI is InChI=1S/C13H17FINO/c14-9-11-5-6-16(10-11)7-8-17-13-3-1-12(15)2-4-13/h1-4,11H,5-10H2. The molecule has 1 aromatic rings. The Kier molecular flexibility index (Phi) is 5.03. The summed E-state index contributed by atoms with van der Waals surface area (Å²) in [5, 5.41) is 0. The van der Waals surface area contributed by atoms with Gasteiger partial charge in [0.25, 0.3) is 0 Å². The van der Waals surface area contributed by atoms with Crippen molar-refractivity contribution in [2.75, 3.05) is 32.9 Å². The number of halogens is 2. The second-order valence-electron chi connectivity index (χ2n) is 4.41. The van der Waals surface area contributed by atoms with E-state index in [-0.39, 0.29) is 12.6 Å². The van der Waals surface area contributed by atoms with Gasteiger partial charge in [-0.2, -0.15) is 0 Å². The molecule has 0 amide bonds. The molecule has 2 rings (SSSR count). The molecule has 1 heterocycles. The number of alkyl halides is 1. The van der Waals surface area contributed by atoms with Gasteiger partial charge in [-0.3, -0.25) is 9.29 Å². The van der Waals surface area contributed by atoms with Crippen molar-refractivity contribution in [2.45, 2.75) is 6.42 Å². The zero-order chi connectivity index (χ0) is 12.1. The van der Waals surface area contributed by atoms with Gasteiger partial charge in [-0.25, -0.2) is 0 Å². The van der Waals surface area contributed by atoms with Gasteiger partial charge in [0.2, 0.25) is 0 Å². The van der Waals surface area contributed by atoms with Gasteiger partial charge < -0.3 is 4.74 Å². The maximum Gasteiger partial charge on any atom is 0.119 e. The van der Waals surface area contributed by atoms with Crippen molar-refractivity contribution in [3.63, 3.8) is 0 Å². The lowest BCUT2D eigenvalue weighted by Gasteiger charge is -2.15. The summed E-state index contributed by atoms with van der Waals surface area (Å²) in [6.07, 6.45) is 0.986. The molecule has 0 aromatic heterocycles. The molecule has 1 aliphatic rings. The summed E-state index contributed by atoms with van der Waals surface area (Å²) in [5.41, 5.74) is 0. The number of benzene rings is 1. The molecule has 1 saturated heterocycles. The third-order valence-corrected chi connectivity index (χ3v) is 3.80. The topological polar surface area (TPSA) is 12.5 Å². The Morgan fingerprint density at radius 3 is 2.76 bits per heavy atom. The first kappa shape index (κ1) is 13.1. The molecule has 0 spiro atoms. The summed E-state index contributed by atoms with van der Waals surface area (Å²) < 4.78 is 19.3. The van der Waals surface area contributed by atoms with E-state index in [0.29, 0.717) is 6.61 Å². The smallest absolute Gasteiger partial charge is 0.119 e. The number of hydrogen-bond donors (Lipinski definition) is 0. The third kappa shape index (κ3) is 4.10. The van der Waals surface area contributed by atoms with Crippen molar-refractivity contribution < 1.29 is 9.13 Å². The second-order valence-corrected chi connectivity index (χ2v) is 5.66. The molecule has 0 saturated carbocycles. The third-order valence-electron chi connectivity index (χ3n) is 3.08. The maximum absolute atomic E-state index is 12.4. The van der Waals surface area contributed by atoms with E-state index in [1.54, 1.807) is 0 Å². The van der Waals surface area contributed by atoms with Crippen molar-refractivity contribution in [3.8, 4) is 5.75 Å². The first-order valence-electron chi connectivity index (χ1n) is 5.94. The Balaban J connectivity index is 1.68. The highest BCUT2D eigenvalue weighted by molar-refractivity contribution is 14.1. The van der Waals surface area contributed by atoms with Gasteiger partial charge in [0.05, 0.1) is 6.67 Å². The van der Waals surface area contributed by atoms with Crippen molar-refractivity contribution in [1.82, 2.24) is 4.90 Å². The van der Waals surface area contributed by atoms with Crippen molar-refractivity contribution in [2.24, 2.45) is 5.92 Å². The molecule has 1 unspecified atom stereocenters. The molecule has 1 atom stereocenters. The SMILES string of the molecule is FCC1CCN(CCOc2ccc(I)cc2)C1. The number of likely N-dealkylation sites (tertiary alicyclic amines) is 1. The predicted octanol–water partition coefficient (Wildman–Crippen LogP) is 2.96. The van der Waals surface area contributed by atoms with Crippen molar-refractivity contribution >= 4 is 22.6 Å². The van der Waals surface area contributed by atoms with Crippen LogP contribution >= 0.6 is 22.6 Å². The van der Waals surface area contributed by atoms with E-state index >= 15 is 0 Å². The van der Waals surface area contributed by atoms with Gasteiger partial charge in [-0.1, -0.05) is 0 Å². The largest absolute Gasteiger partial charge is 0.492 e. The molecule has 1 aliphatic heterocycles. The van der Waals surface area contributed by atoms with Gasteiger partial charge in [0.15, 0.2) is 0 Å². The average Bonchev–Trinajstić information content (AvgIpc) is 2.80. The molecule has 0 bridgehead atoms. The minimum absolute atomic E-state index is 0.186. The number of ether oxygens (including phenoxy) is 1. The molecule has 0 N–H and O–H groups in total. The molecule has 0 aliphatic carbocycles. The molecule has 2 nitrogen and oxygen atoms in total. The molecule has 1 aromatic carbocycles. The molecule has 1 fully saturated rings. The van der Waals surface area contributed by atoms with Gasteiger partial charge >= 0.3 is 0 Å². The highest BCUT2D eigenvalue weighted by atomic mass is 127.